The number of carbonyl (C=O) groups is 2. The summed E-state index contributed by atoms with van der Waals surface area (Å²) in [4.78, 5) is 23.8. The van der Waals surface area contributed by atoms with Gasteiger partial charge in [-0.15, -0.1) is 0 Å². The molecule has 0 aliphatic heterocycles. The van der Waals surface area contributed by atoms with Crippen LogP contribution >= 0.6 is 23.2 Å². The maximum Gasteiger partial charge on any atom is 0.329 e. The number of hydrogen-bond donors (Lipinski definition) is 2. The monoisotopic (exact) mass is 379 g/mol. The first-order valence-corrected chi connectivity index (χ1v) is 8.08. The standard InChI is InChI=1S/C17H15Cl2N3O3/c1-2-25-15-9-4-3-8-14(15)21-16(23)17(24)22-20-10-11-12(18)6-5-7-13(11)19/h3-10H,2H2,1H3,(H,21,23)(H,22,24)/b20-10+. The normalized spacial score (nSPS) is 10.5. The molecule has 2 aromatic carbocycles. The van der Waals surface area contributed by atoms with Gasteiger partial charge < -0.3 is 10.1 Å². The Morgan fingerprint density at radius 2 is 1.76 bits per heavy atom. The highest BCUT2D eigenvalue weighted by molar-refractivity contribution is 6.40. The smallest absolute Gasteiger partial charge is 0.329 e. The molecule has 0 aliphatic carbocycles. The van der Waals surface area contributed by atoms with E-state index in [0.717, 1.165) is 0 Å². The van der Waals surface area contributed by atoms with Crippen LogP contribution in [0.15, 0.2) is 47.6 Å². The third-order valence-electron chi connectivity index (χ3n) is 3.00. The van der Waals surface area contributed by atoms with Crippen LogP contribution in [0.5, 0.6) is 5.75 Å². The quantitative estimate of drug-likeness (QED) is 0.474. The highest BCUT2D eigenvalue weighted by Gasteiger charge is 2.15. The maximum atomic E-state index is 11.9. The van der Waals surface area contributed by atoms with E-state index in [-0.39, 0.29) is 0 Å². The predicted octanol–water partition coefficient (Wildman–Crippen LogP) is 3.48. The van der Waals surface area contributed by atoms with Gasteiger partial charge in [0.05, 0.1) is 28.6 Å². The first kappa shape index (κ1) is 18.8. The molecule has 2 amide bonds. The number of amides is 2. The summed E-state index contributed by atoms with van der Waals surface area (Å²) in [5.74, 6) is -1.35. The lowest BCUT2D eigenvalue weighted by Gasteiger charge is -2.10. The van der Waals surface area contributed by atoms with E-state index in [1.54, 1.807) is 42.5 Å². The van der Waals surface area contributed by atoms with E-state index in [1.165, 1.54) is 6.21 Å². The molecule has 0 radical (unpaired) electrons. The second kappa shape index (κ2) is 9.05. The van der Waals surface area contributed by atoms with Crippen molar-refractivity contribution in [3.05, 3.63) is 58.1 Å². The number of hydrogen-bond acceptors (Lipinski definition) is 4. The molecule has 0 atom stereocenters. The number of para-hydroxylation sites is 2. The maximum absolute atomic E-state index is 11.9. The van der Waals surface area contributed by atoms with Crippen molar-refractivity contribution in [3.63, 3.8) is 0 Å². The summed E-state index contributed by atoms with van der Waals surface area (Å²) in [6, 6.07) is 11.7. The number of ether oxygens (including phenoxy) is 1. The van der Waals surface area contributed by atoms with Crippen molar-refractivity contribution in [3.8, 4) is 5.75 Å². The number of benzene rings is 2. The average Bonchev–Trinajstić information content (AvgIpc) is 2.59. The van der Waals surface area contributed by atoms with E-state index in [2.05, 4.69) is 15.8 Å². The zero-order valence-corrected chi connectivity index (χ0v) is 14.8. The molecule has 0 saturated carbocycles. The molecule has 2 aromatic rings. The molecular weight excluding hydrogens is 365 g/mol. The van der Waals surface area contributed by atoms with Crippen molar-refractivity contribution in [2.45, 2.75) is 6.92 Å². The van der Waals surface area contributed by atoms with E-state index < -0.39 is 11.8 Å². The lowest BCUT2D eigenvalue weighted by atomic mass is 10.2. The Morgan fingerprint density at radius 1 is 1.08 bits per heavy atom. The van der Waals surface area contributed by atoms with Gasteiger partial charge in [-0.2, -0.15) is 5.10 Å². The minimum absolute atomic E-state index is 0.376. The lowest BCUT2D eigenvalue weighted by molar-refractivity contribution is -0.136. The number of nitrogens with zero attached hydrogens (tertiary/aromatic N) is 1. The summed E-state index contributed by atoms with van der Waals surface area (Å²) in [5.41, 5.74) is 2.95. The fraction of sp³-hybridized carbons (Fsp3) is 0.118. The van der Waals surface area contributed by atoms with Crippen LogP contribution in [-0.2, 0) is 9.59 Å². The van der Waals surface area contributed by atoms with Gasteiger partial charge in [-0.05, 0) is 31.2 Å². The van der Waals surface area contributed by atoms with Crippen LogP contribution in [0.25, 0.3) is 0 Å². The molecule has 0 heterocycles. The topological polar surface area (TPSA) is 79.8 Å². The van der Waals surface area contributed by atoms with Gasteiger partial charge in [0.2, 0.25) is 0 Å². The van der Waals surface area contributed by atoms with Gasteiger partial charge in [0, 0.05) is 5.56 Å². The molecule has 0 saturated heterocycles. The van der Waals surface area contributed by atoms with Gasteiger partial charge in [0.15, 0.2) is 0 Å². The van der Waals surface area contributed by atoms with Crippen LogP contribution in [-0.4, -0.2) is 24.6 Å². The molecule has 0 aliphatic rings. The third-order valence-corrected chi connectivity index (χ3v) is 3.66. The fourth-order valence-electron chi connectivity index (χ4n) is 1.87. The zero-order valence-electron chi connectivity index (χ0n) is 13.3. The summed E-state index contributed by atoms with van der Waals surface area (Å²) in [6.45, 7) is 2.25. The third kappa shape index (κ3) is 5.20. The van der Waals surface area contributed by atoms with Gasteiger partial charge in [-0.3, -0.25) is 9.59 Å². The lowest BCUT2D eigenvalue weighted by Crippen LogP contribution is -2.32. The highest BCUT2D eigenvalue weighted by atomic mass is 35.5. The van der Waals surface area contributed by atoms with Crippen LogP contribution in [0.4, 0.5) is 5.69 Å². The Labute approximate surface area is 154 Å². The van der Waals surface area contributed by atoms with Gasteiger partial charge in [-0.1, -0.05) is 41.4 Å². The van der Waals surface area contributed by atoms with Crippen molar-refractivity contribution in [1.82, 2.24) is 5.43 Å². The first-order chi connectivity index (χ1) is 12.0. The number of rotatable bonds is 5. The first-order valence-electron chi connectivity index (χ1n) is 7.33. The summed E-state index contributed by atoms with van der Waals surface area (Å²) < 4.78 is 5.38. The molecule has 0 spiro atoms. The van der Waals surface area contributed by atoms with Gasteiger partial charge in [-0.25, -0.2) is 5.43 Å². The van der Waals surface area contributed by atoms with E-state index >= 15 is 0 Å². The Morgan fingerprint density at radius 3 is 2.44 bits per heavy atom. The largest absolute Gasteiger partial charge is 0.492 e. The van der Waals surface area contributed by atoms with E-state index in [1.807, 2.05) is 6.92 Å². The number of hydrazone groups is 1. The van der Waals surface area contributed by atoms with Crippen LogP contribution < -0.4 is 15.5 Å². The summed E-state index contributed by atoms with van der Waals surface area (Å²) in [6.07, 6.45) is 1.27. The molecule has 8 heteroatoms. The van der Waals surface area contributed by atoms with E-state index in [4.69, 9.17) is 27.9 Å². The minimum Gasteiger partial charge on any atom is -0.492 e. The molecule has 0 bridgehead atoms. The summed E-state index contributed by atoms with van der Waals surface area (Å²) >= 11 is 12.0. The van der Waals surface area contributed by atoms with Gasteiger partial charge >= 0.3 is 11.8 Å². The molecular formula is C17H15Cl2N3O3. The summed E-state index contributed by atoms with van der Waals surface area (Å²) in [7, 11) is 0. The Balaban J connectivity index is 1.99. The van der Waals surface area contributed by atoms with E-state index in [0.29, 0.717) is 33.7 Å². The van der Waals surface area contributed by atoms with Crippen molar-refractivity contribution in [1.29, 1.82) is 0 Å². The molecule has 25 heavy (non-hydrogen) atoms. The highest BCUT2D eigenvalue weighted by Crippen LogP contribution is 2.23. The second-order valence-electron chi connectivity index (χ2n) is 4.72. The van der Waals surface area contributed by atoms with Crippen molar-refractivity contribution in [2.75, 3.05) is 11.9 Å². The number of carbonyl (C=O) groups excluding carboxylic acids is 2. The van der Waals surface area contributed by atoms with Crippen molar-refractivity contribution in [2.24, 2.45) is 5.10 Å². The van der Waals surface area contributed by atoms with Crippen LogP contribution in [0.2, 0.25) is 10.0 Å². The van der Waals surface area contributed by atoms with Crippen LogP contribution in [0, 0.1) is 0 Å². The molecule has 2 N–H and O–H groups in total. The Bertz CT molecular complexity index is 789. The Kier molecular flexibility index (Phi) is 6.80. The molecule has 2 rings (SSSR count). The van der Waals surface area contributed by atoms with Gasteiger partial charge in [0.25, 0.3) is 0 Å². The Hall–Kier alpha value is -2.57. The minimum atomic E-state index is -0.939. The van der Waals surface area contributed by atoms with E-state index in [9.17, 15) is 9.59 Å². The molecule has 0 fully saturated rings. The van der Waals surface area contributed by atoms with Crippen molar-refractivity contribution >= 4 is 46.9 Å². The molecule has 0 aromatic heterocycles. The molecule has 130 valence electrons. The molecule has 6 nitrogen and oxygen atoms in total. The average molecular weight is 380 g/mol. The van der Waals surface area contributed by atoms with Gasteiger partial charge in [0.1, 0.15) is 5.75 Å². The fourth-order valence-corrected chi connectivity index (χ4v) is 2.37. The number of halogens is 2. The number of nitrogens with one attached hydrogen (secondary N) is 2. The zero-order chi connectivity index (χ0) is 18.2. The van der Waals surface area contributed by atoms with Crippen LogP contribution in [0.3, 0.4) is 0 Å². The SMILES string of the molecule is CCOc1ccccc1NC(=O)C(=O)N/N=C/c1c(Cl)cccc1Cl. The van der Waals surface area contributed by atoms with Crippen molar-refractivity contribution < 1.29 is 14.3 Å². The predicted molar refractivity (Wildman–Crippen MR) is 98.4 cm³/mol. The second-order valence-corrected chi connectivity index (χ2v) is 5.53. The molecule has 0 unspecified atom stereocenters. The van der Waals surface area contributed by atoms with Crippen LogP contribution in [0.1, 0.15) is 12.5 Å². The number of anilines is 1. The summed E-state index contributed by atoms with van der Waals surface area (Å²) in [5, 5.41) is 6.91.